The maximum Gasteiger partial charge on any atom is 0.230 e. The van der Waals surface area contributed by atoms with Crippen LogP contribution in [-0.2, 0) is 0 Å². The number of hydrogen-bond acceptors (Lipinski definition) is 4. The van der Waals surface area contributed by atoms with E-state index in [0.717, 1.165) is 31.5 Å². The molecule has 0 unspecified atom stereocenters. The van der Waals surface area contributed by atoms with Crippen LogP contribution in [0.2, 0.25) is 0 Å². The van der Waals surface area contributed by atoms with Gasteiger partial charge in [0.15, 0.2) is 0 Å². The second-order valence-corrected chi connectivity index (χ2v) is 4.94. The Hall–Kier alpha value is -1.75. The summed E-state index contributed by atoms with van der Waals surface area (Å²) in [4.78, 5) is 4.45. The van der Waals surface area contributed by atoms with E-state index in [1.54, 1.807) is 19.1 Å². The summed E-state index contributed by atoms with van der Waals surface area (Å²) in [6.45, 7) is 3.70. The predicted molar refractivity (Wildman–Crippen MR) is 69.3 cm³/mol. The lowest BCUT2D eigenvalue weighted by atomic mass is 9.98. The number of benzene rings is 1. The van der Waals surface area contributed by atoms with Crippen molar-refractivity contribution in [3.8, 4) is 11.4 Å². The summed E-state index contributed by atoms with van der Waals surface area (Å²) in [5.74, 6) is 1.35. The Balaban J connectivity index is 1.85. The molecule has 1 aromatic carbocycles. The van der Waals surface area contributed by atoms with Crippen molar-refractivity contribution in [2.45, 2.75) is 25.7 Å². The molecule has 0 bridgehead atoms. The fraction of sp³-hybridized carbons (Fsp3) is 0.429. The highest BCUT2D eigenvalue weighted by Gasteiger charge is 2.21. The molecule has 1 aliphatic heterocycles. The number of aromatic nitrogens is 2. The van der Waals surface area contributed by atoms with Crippen LogP contribution in [-0.4, -0.2) is 23.2 Å². The highest BCUT2D eigenvalue weighted by atomic mass is 19.1. The molecule has 1 fully saturated rings. The number of piperidine rings is 1. The molecule has 5 heteroatoms. The van der Waals surface area contributed by atoms with Crippen LogP contribution in [0.5, 0.6) is 0 Å². The van der Waals surface area contributed by atoms with E-state index in [0.29, 0.717) is 23.2 Å². The third kappa shape index (κ3) is 2.51. The first-order chi connectivity index (χ1) is 9.24. The molecule has 1 aliphatic rings. The van der Waals surface area contributed by atoms with Crippen molar-refractivity contribution in [3.05, 3.63) is 35.5 Å². The molecule has 19 heavy (non-hydrogen) atoms. The molecular weight excluding hydrogens is 245 g/mol. The van der Waals surface area contributed by atoms with Crippen molar-refractivity contribution in [2.24, 2.45) is 0 Å². The normalized spacial score (nSPS) is 16.7. The summed E-state index contributed by atoms with van der Waals surface area (Å²) in [5, 5.41) is 7.31. The first-order valence-corrected chi connectivity index (χ1v) is 6.55. The molecule has 4 nitrogen and oxygen atoms in total. The molecular formula is C14H16FN3O. The minimum Gasteiger partial charge on any atom is -0.339 e. The van der Waals surface area contributed by atoms with Crippen molar-refractivity contribution in [3.63, 3.8) is 0 Å². The summed E-state index contributed by atoms with van der Waals surface area (Å²) >= 11 is 0. The first kappa shape index (κ1) is 12.3. The maximum absolute atomic E-state index is 13.2. The summed E-state index contributed by atoms with van der Waals surface area (Å²) in [6, 6.07) is 4.86. The van der Waals surface area contributed by atoms with Crippen molar-refractivity contribution < 1.29 is 8.91 Å². The second kappa shape index (κ2) is 5.09. The van der Waals surface area contributed by atoms with Crippen LogP contribution in [0, 0.1) is 12.7 Å². The van der Waals surface area contributed by atoms with E-state index in [2.05, 4.69) is 15.5 Å². The molecule has 1 aromatic heterocycles. The van der Waals surface area contributed by atoms with E-state index in [9.17, 15) is 4.39 Å². The Morgan fingerprint density at radius 2 is 2.11 bits per heavy atom. The summed E-state index contributed by atoms with van der Waals surface area (Å²) < 4.78 is 18.6. The molecule has 0 saturated carbocycles. The van der Waals surface area contributed by atoms with Gasteiger partial charge in [-0.1, -0.05) is 5.16 Å². The number of hydrogen-bond donors (Lipinski definition) is 1. The van der Waals surface area contributed by atoms with Crippen molar-refractivity contribution in [2.75, 3.05) is 13.1 Å². The molecule has 1 N–H and O–H groups in total. The minimum atomic E-state index is -0.217. The van der Waals surface area contributed by atoms with Gasteiger partial charge in [0, 0.05) is 11.5 Å². The second-order valence-electron chi connectivity index (χ2n) is 4.94. The molecule has 0 spiro atoms. The van der Waals surface area contributed by atoms with Crippen LogP contribution < -0.4 is 5.32 Å². The standard InChI is InChI=1S/C14H16FN3O/c1-9-8-11(2-3-12(9)15)13-17-14(19-18-13)10-4-6-16-7-5-10/h2-3,8,10,16H,4-7H2,1H3. The van der Waals surface area contributed by atoms with Crippen LogP contribution in [0.3, 0.4) is 0 Å². The Kier molecular flexibility index (Phi) is 3.29. The Labute approximate surface area is 111 Å². The monoisotopic (exact) mass is 261 g/mol. The zero-order valence-electron chi connectivity index (χ0n) is 10.8. The van der Waals surface area contributed by atoms with Gasteiger partial charge >= 0.3 is 0 Å². The molecule has 100 valence electrons. The number of nitrogens with zero attached hydrogens (tertiary/aromatic N) is 2. The molecule has 0 aliphatic carbocycles. The van der Waals surface area contributed by atoms with Gasteiger partial charge in [-0.05, 0) is 56.6 Å². The van der Waals surface area contributed by atoms with Gasteiger partial charge in [0.2, 0.25) is 11.7 Å². The maximum atomic E-state index is 13.2. The SMILES string of the molecule is Cc1cc(-c2noc(C3CCNCC3)n2)ccc1F. The number of rotatable bonds is 2. The van der Waals surface area contributed by atoms with Gasteiger partial charge in [-0.3, -0.25) is 0 Å². The fourth-order valence-corrected chi connectivity index (χ4v) is 2.37. The lowest BCUT2D eigenvalue weighted by molar-refractivity contribution is 0.320. The molecule has 0 radical (unpaired) electrons. The van der Waals surface area contributed by atoms with Gasteiger partial charge in [-0.25, -0.2) is 4.39 Å². The summed E-state index contributed by atoms with van der Waals surface area (Å²) in [5.41, 5.74) is 1.38. The van der Waals surface area contributed by atoms with E-state index in [1.165, 1.54) is 6.07 Å². The first-order valence-electron chi connectivity index (χ1n) is 6.55. The third-order valence-electron chi connectivity index (χ3n) is 3.55. The molecule has 0 atom stereocenters. The van der Waals surface area contributed by atoms with Crippen LogP contribution in [0.4, 0.5) is 4.39 Å². The van der Waals surface area contributed by atoms with Gasteiger partial charge in [-0.15, -0.1) is 0 Å². The Morgan fingerprint density at radius 3 is 2.84 bits per heavy atom. The predicted octanol–water partition coefficient (Wildman–Crippen LogP) is 2.65. The topological polar surface area (TPSA) is 51.0 Å². The average molecular weight is 261 g/mol. The van der Waals surface area contributed by atoms with Gasteiger partial charge in [-0.2, -0.15) is 4.98 Å². The van der Waals surface area contributed by atoms with Crippen LogP contribution in [0.15, 0.2) is 22.7 Å². The van der Waals surface area contributed by atoms with Crippen LogP contribution in [0.25, 0.3) is 11.4 Å². The largest absolute Gasteiger partial charge is 0.339 e. The van der Waals surface area contributed by atoms with Gasteiger partial charge in [0.25, 0.3) is 0 Å². The number of nitrogens with one attached hydrogen (secondary N) is 1. The smallest absolute Gasteiger partial charge is 0.230 e. The van der Waals surface area contributed by atoms with E-state index >= 15 is 0 Å². The van der Waals surface area contributed by atoms with Crippen LogP contribution in [0.1, 0.15) is 30.2 Å². The fourth-order valence-electron chi connectivity index (χ4n) is 2.37. The van der Waals surface area contributed by atoms with E-state index < -0.39 is 0 Å². The Morgan fingerprint density at radius 1 is 1.32 bits per heavy atom. The molecule has 0 amide bonds. The highest BCUT2D eigenvalue weighted by Crippen LogP contribution is 2.26. The number of aryl methyl sites for hydroxylation is 1. The van der Waals surface area contributed by atoms with E-state index in [-0.39, 0.29) is 5.82 Å². The average Bonchev–Trinajstić information content (AvgIpc) is 2.93. The number of halogens is 1. The third-order valence-corrected chi connectivity index (χ3v) is 3.55. The minimum absolute atomic E-state index is 0.217. The summed E-state index contributed by atoms with van der Waals surface area (Å²) in [7, 11) is 0. The highest BCUT2D eigenvalue weighted by molar-refractivity contribution is 5.55. The molecule has 1 saturated heterocycles. The van der Waals surface area contributed by atoms with Gasteiger partial charge < -0.3 is 9.84 Å². The van der Waals surface area contributed by atoms with Crippen molar-refractivity contribution in [1.82, 2.24) is 15.5 Å². The van der Waals surface area contributed by atoms with Crippen molar-refractivity contribution >= 4 is 0 Å². The van der Waals surface area contributed by atoms with Gasteiger partial charge in [0.05, 0.1) is 0 Å². The van der Waals surface area contributed by atoms with E-state index in [4.69, 9.17) is 4.52 Å². The van der Waals surface area contributed by atoms with E-state index in [1.807, 2.05) is 0 Å². The zero-order valence-corrected chi connectivity index (χ0v) is 10.8. The quantitative estimate of drug-likeness (QED) is 0.903. The van der Waals surface area contributed by atoms with Crippen molar-refractivity contribution in [1.29, 1.82) is 0 Å². The molecule has 2 heterocycles. The lowest BCUT2D eigenvalue weighted by Gasteiger charge is -2.18. The molecule has 2 aromatic rings. The Bertz CT molecular complexity index is 576. The summed E-state index contributed by atoms with van der Waals surface area (Å²) in [6.07, 6.45) is 2.04. The van der Waals surface area contributed by atoms with Gasteiger partial charge in [0.1, 0.15) is 5.82 Å². The lowest BCUT2D eigenvalue weighted by Crippen LogP contribution is -2.26. The molecule has 3 rings (SSSR count). The van der Waals surface area contributed by atoms with Crippen LogP contribution >= 0.6 is 0 Å². The zero-order chi connectivity index (χ0) is 13.2.